The van der Waals surface area contributed by atoms with E-state index in [9.17, 15) is 9.59 Å². The molecule has 0 atom stereocenters. The van der Waals surface area contributed by atoms with Crippen molar-refractivity contribution in [3.05, 3.63) is 41.7 Å². The van der Waals surface area contributed by atoms with Gasteiger partial charge in [-0.1, -0.05) is 45.0 Å². The molecule has 0 saturated carbocycles. The first-order chi connectivity index (χ1) is 13.3. The molecule has 3 rings (SSSR count). The van der Waals surface area contributed by atoms with Gasteiger partial charge in [-0.15, -0.1) is 5.10 Å². The summed E-state index contributed by atoms with van der Waals surface area (Å²) < 4.78 is 1.41. The minimum atomic E-state index is -0.0293. The molecule has 28 heavy (non-hydrogen) atoms. The van der Waals surface area contributed by atoms with Gasteiger partial charge in [-0.05, 0) is 33.4 Å². The maximum Gasteiger partial charge on any atom is 0.244 e. The van der Waals surface area contributed by atoms with Crippen LogP contribution in [-0.2, 0) is 28.0 Å². The lowest BCUT2D eigenvalue weighted by atomic mass is 9.86. The van der Waals surface area contributed by atoms with Gasteiger partial charge in [-0.3, -0.25) is 9.59 Å². The zero-order valence-corrected chi connectivity index (χ0v) is 16.8. The van der Waals surface area contributed by atoms with Crippen molar-refractivity contribution in [2.75, 3.05) is 26.2 Å². The summed E-state index contributed by atoms with van der Waals surface area (Å²) in [5, 5.41) is 10.8. The number of carbonyl (C=O) groups excluding carboxylic acids is 2. The van der Waals surface area contributed by atoms with Crippen molar-refractivity contribution in [2.24, 2.45) is 0 Å². The average Bonchev–Trinajstić information content (AvgIpc) is 3.19. The Balaban J connectivity index is 1.43. The van der Waals surface area contributed by atoms with E-state index >= 15 is 0 Å². The highest BCUT2D eigenvalue weighted by molar-refractivity contribution is 5.78. The minimum absolute atomic E-state index is 0.0293. The highest BCUT2D eigenvalue weighted by atomic mass is 16.2. The number of tetrazole rings is 1. The van der Waals surface area contributed by atoms with Gasteiger partial charge in [0.2, 0.25) is 11.8 Å². The number of piperazine rings is 1. The molecule has 1 aliphatic heterocycles. The van der Waals surface area contributed by atoms with Crippen LogP contribution < -0.4 is 0 Å². The summed E-state index contributed by atoms with van der Waals surface area (Å²) in [7, 11) is 0. The molecule has 8 heteroatoms. The number of carbonyl (C=O) groups is 2. The van der Waals surface area contributed by atoms with Crippen molar-refractivity contribution in [1.82, 2.24) is 30.0 Å². The number of aromatic nitrogens is 4. The Morgan fingerprint density at radius 3 is 2.11 bits per heavy atom. The number of hydrogen-bond acceptors (Lipinski definition) is 5. The third-order valence-corrected chi connectivity index (χ3v) is 5.12. The van der Waals surface area contributed by atoms with Gasteiger partial charge in [-0.25, -0.2) is 4.68 Å². The molecular formula is C20H28N6O2. The van der Waals surface area contributed by atoms with Crippen molar-refractivity contribution in [3.8, 4) is 0 Å². The van der Waals surface area contributed by atoms with Crippen molar-refractivity contribution < 1.29 is 9.59 Å². The number of hydrogen-bond donors (Lipinski definition) is 0. The topological polar surface area (TPSA) is 84.2 Å². The lowest BCUT2D eigenvalue weighted by molar-refractivity contribution is -0.140. The Kier molecular flexibility index (Phi) is 6.06. The molecule has 1 aliphatic rings. The summed E-state index contributed by atoms with van der Waals surface area (Å²) in [5.41, 5.74) is 2.61. The van der Waals surface area contributed by atoms with Crippen LogP contribution in [0.25, 0.3) is 0 Å². The zero-order valence-electron chi connectivity index (χ0n) is 16.8. The molecule has 150 valence electrons. The van der Waals surface area contributed by atoms with E-state index < -0.39 is 0 Å². The van der Waals surface area contributed by atoms with Crippen LogP contribution in [-0.4, -0.2) is 68.0 Å². The van der Waals surface area contributed by atoms with Crippen molar-refractivity contribution in [3.63, 3.8) is 0 Å². The monoisotopic (exact) mass is 384 g/mol. The van der Waals surface area contributed by atoms with Crippen LogP contribution in [0.5, 0.6) is 0 Å². The number of amides is 2. The lowest BCUT2D eigenvalue weighted by Gasteiger charge is -2.34. The summed E-state index contributed by atoms with van der Waals surface area (Å²) >= 11 is 0. The smallest absolute Gasteiger partial charge is 0.244 e. The minimum Gasteiger partial charge on any atom is -0.339 e. The van der Waals surface area contributed by atoms with E-state index in [-0.39, 0.29) is 23.8 Å². The molecule has 1 aromatic carbocycles. The maximum atomic E-state index is 12.5. The second kappa shape index (κ2) is 8.50. The Morgan fingerprint density at radius 2 is 1.57 bits per heavy atom. The molecule has 2 aromatic rings. The second-order valence-electron chi connectivity index (χ2n) is 8.22. The molecule has 0 N–H and O–H groups in total. The third-order valence-electron chi connectivity index (χ3n) is 5.12. The SMILES string of the molecule is CC(C)(C)c1ccc(CCC(=O)N2CCN(C(=O)Cn3cnnn3)CC2)cc1. The van der Waals surface area contributed by atoms with Crippen LogP contribution in [0.3, 0.4) is 0 Å². The molecule has 2 amide bonds. The molecule has 1 fully saturated rings. The van der Waals surface area contributed by atoms with E-state index in [1.807, 2.05) is 4.90 Å². The van der Waals surface area contributed by atoms with Crippen molar-refractivity contribution in [2.45, 2.75) is 45.6 Å². The first kappa shape index (κ1) is 20.0. The van der Waals surface area contributed by atoms with Gasteiger partial charge in [0.05, 0.1) is 0 Å². The molecule has 0 unspecified atom stereocenters. The highest BCUT2D eigenvalue weighted by Gasteiger charge is 2.24. The van der Waals surface area contributed by atoms with Gasteiger partial charge < -0.3 is 9.80 Å². The van der Waals surface area contributed by atoms with Gasteiger partial charge in [0.15, 0.2) is 0 Å². The van der Waals surface area contributed by atoms with E-state index in [0.29, 0.717) is 32.6 Å². The fourth-order valence-corrected chi connectivity index (χ4v) is 3.28. The van der Waals surface area contributed by atoms with Crippen LogP contribution in [0.2, 0.25) is 0 Å². The fraction of sp³-hybridized carbons (Fsp3) is 0.550. The van der Waals surface area contributed by atoms with Gasteiger partial charge in [-0.2, -0.15) is 0 Å². The highest BCUT2D eigenvalue weighted by Crippen LogP contribution is 2.22. The van der Waals surface area contributed by atoms with Crippen LogP contribution in [0.4, 0.5) is 0 Å². The molecule has 0 bridgehead atoms. The van der Waals surface area contributed by atoms with Gasteiger partial charge in [0, 0.05) is 32.6 Å². The van der Waals surface area contributed by atoms with Crippen LogP contribution >= 0.6 is 0 Å². The van der Waals surface area contributed by atoms with Gasteiger partial charge in [0.1, 0.15) is 12.9 Å². The van der Waals surface area contributed by atoms with Crippen molar-refractivity contribution >= 4 is 11.8 Å². The molecule has 1 aromatic heterocycles. The quantitative estimate of drug-likeness (QED) is 0.775. The van der Waals surface area contributed by atoms with Gasteiger partial charge >= 0.3 is 0 Å². The summed E-state index contributed by atoms with van der Waals surface area (Å²) in [4.78, 5) is 28.4. The third kappa shape index (κ3) is 5.15. The summed E-state index contributed by atoms with van der Waals surface area (Å²) in [5.74, 6) is 0.116. The first-order valence-corrected chi connectivity index (χ1v) is 9.69. The van der Waals surface area contributed by atoms with Crippen LogP contribution in [0.15, 0.2) is 30.6 Å². The molecule has 0 radical (unpaired) electrons. The van der Waals surface area contributed by atoms with E-state index in [1.165, 1.54) is 22.1 Å². The number of benzene rings is 1. The largest absolute Gasteiger partial charge is 0.339 e. The predicted molar refractivity (Wildman–Crippen MR) is 104 cm³/mol. The summed E-state index contributed by atoms with van der Waals surface area (Å²) in [6.07, 6.45) is 2.65. The second-order valence-corrected chi connectivity index (χ2v) is 8.22. The van der Waals surface area contributed by atoms with Gasteiger partial charge in [0.25, 0.3) is 0 Å². The fourth-order valence-electron chi connectivity index (χ4n) is 3.28. The number of rotatable bonds is 5. The van der Waals surface area contributed by atoms with E-state index in [0.717, 1.165) is 6.42 Å². The van der Waals surface area contributed by atoms with Crippen molar-refractivity contribution in [1.29, 1.82) is 0 Å². The lowest BCUT2D eigenvalue weighted by Crippen LogP contribution is -2.51. The predicted octanol–water partition coefficient (Wildman–Crippen LogP) is 1.27. The Bertz CT molecular complexity index is 787. The summed E-state index contributed by atoms with van der Waals surface area (Å²) in [6.45, 7) is 8.95. The van der Waals surface area contributed by atoms with E-state index in [2.05, 4.69) is 60.6 Å². The Labute approximate surface area is 165 Å². The number of nitrogens with zero attached hydrogens (tertiary/aromatic N) is 6. The number of aryl methyl sites for hydroxylation is 1. The average molecular weight is 384 g/mol. The molecule has 2 heterocycles. The normalized spacial score (nSPS) is 15.0. The van der Waals surface area contributed by atoms with E-state index in [1.54, 1.807) is 4.90 Å². The zero-order chi connectivity index (χ0) is 20.1. The first-order valence-electron chi connectivity index (χ1n) is 9.69. The molecule has 8 nitrogen and oxygen atoms in total. The van der Waals surface area contributed by atoms with E-state index in [4.69, 9.17) is 0 Å². The Hall–Kier alpha value is -2.77. The van der Waals surface area contributed by atoms with Crippen LogP contribution in [0, 0.1) is 0 Å². The molecule has 0 aliphatic carbocycles. The molecule has 1 saturated heterocycles. The standard InChI is InChI=1S/C20H28N6O2/c1-20(2,3)17-7-4-16(5-8-17)6-9-18(27)24-10-12-25(13-11-24)19(28)14-26-15-21-22-23-26/h4-5,7-8,15H,6,9-14H2,1-3H3. The maximum absolute atomic E-state index is 12.5. The molecular weight excluding hydrogens is 356 g/mol. The molecule has 0 spiro atoms. The summed E-state index contributed by atoms with van der Waals surface area (Å²) in [6, 6.07) is 8.52. The van der Waals surface area contributed by atoms with Crippen LogP contribution in [0.1, 0.15) is 38.3 Å². The Morgan fingerprint density at radius 1 is 0.964 bits per heavy atom.